The average Bonchev–Trinajstić information content (AvgIpc) is 2.91. The molecule has 1 aliphatic rings. The Hall–Kier alpha value is -1.70. The summed E-state index contributed by atoms with van der Waals surface area (Å²) in [6, 6.07) is 10.9. The number of nitrogens with zero attached hydrogens (tertiary/aromatic N) is 1. The Kier molecular flexibility index (Phi) is 6.91. The highest BCUT2D eigenvalue weighted by atomic mass is 79.9. The van der Waals surface area contributed by atoms with E-state index in [-0.39, 0.29) is 17.7 Å². The zero-order chi connectivity index (χ0) is 20.3. The number of benzene rings is 2. The van der Waals surface area contributed by atoms with Crippen LogP contribution < -0.4 is 9.47 Å². The highest BCUT2D eigenvalue weighted by Gasteiger charge is 2.39. The molecular formula is C20H19BrClNO4S. The molecule has 3 rings (SSSR count). The molecule has 2 aromatic carbocycles. The monoisotopic (exact) mass is 483 g/mol. The Morgan fingerprint density at radius 2 is 1.89 bits per heavy atom. The summed E-state index contributed by atoms with van der Waals surface area (Å²) in [5.74, 6) is 1.03. The van der Waals surface area contributed by atoms with Crippen LogP contribution in [0.2, 0.25) is 5.02 Å². The summed E-state index contributed by atoms with van der Waals surface area (Å²) < 4.78 is 11.8. The van der Waals surface area contributed by atoms with Crippen molar-refractivity contribution in [3.63, 3.8) is 0 Å². The molecule has 28 heavy (non-hydrogen) atoms. The smallest absolute Gasteiger partial charge is 0.289 e. The van der Waals surface area contributed by atoms with Crippen molar-refractivity contribution in [3.05, 3.63) is 57.0 Å². The molecule has 0 saturated carbocycles. The lowest BCUT2D eigenvalue weighted by molar-refractivity contribution is -0.127. The fraction of sp³-hybridized carbons (Fsp3) is 0.300. The number of thioether (sulfide) groups is 1. The molecule has 1 heterocycles. The molecule has 0 N–H and O–H groups in total. The highest BCUT2D eigenvalue weighted by molar-refractivity contribution is 9.10. The van der Waals surface area contributed by atoms with E-state index in [1.54, 1.807) is 19.2 Å². The lowest BCUT2D eigenvalue weighted by Gasteiger charge is -2.15. The van der Waals surface area contributed by atoms with Crippen molar-refractivity contribution in [1.82, 2.24) is 4.90 Å². The van der Waals surface area contributed by atoms with Crippen LogP contribution in [0.25, 0.3) is 0 Å². The first-order chi connectivity index (χ1) is 13.4. The Bertz CT molecular complexity index is 891. The molecule has 1 saturated heterocycles. The molecule has 0 spiro atoms. The van der Waals surface area contributed by atoms with Gasteiger partial charge >= 0.3 is 0 Å². The Labute approximate surface area is 181 Å². The second-order valence-corrected chi connectivity index (χ2v) is 8.61. The molecule has 148 valence electrons. The number of imide groups is 1. The van der Waals surface area contributed by atoms with Crippen LogP contribution in [0.5, 0.6) is 11.5 Å². The number of halogens is 2. The van der Waals surface area contributed by atoms with Gasteiger partial charge in [-0.05, 0) is 64.7 Å². The minimum Gasteiger partial charge on any atom is -0.492 e. The summed E-state index contributed by atoms with van der Waals surface area (Å²) in [4.78, 5) is 26.5. The number of amides is 2. The van der Waals surface area contributed by atoms with E-state index in [4.69, 9.17) is 21.1 Å². The molecule has 2 aromatic rings. The minimum atomic E-state index is -0.463. The first kappa shape index (κ1) is 21.0. The van der Waals surface area contributed by atoms with Gasteiger partial charge in [0.05, 0.1) is 30.0 Å². The van der Waals surface area contributed by atoms with Gasteiger partial charge in [-0.3, -0.25) is 14.5 Å². The molecule has 2 amide bonds. The second kappa shape index (κ2) is 9.20. The van der Waals surface area contributed by atoms with Crippen molar-refractivity contribution < 1.29 is 19.1 Å². The van der Waals surface area contributed by atoms with Gasteiger partial charge in [0.2, 0.25) is 5.91 Å². The maximum atomic E-state index is 12.8. The van der Waals surface area contributed by atoms with E-state index in [9.17, 15) is 9.59 Å². The van der Waals surface area contributed by atoms with Crippen molar-refractivity contribution in [3.8, 4) is 11.5 Å². The number of hydrogen-bond donors (Lipinski definition) is 0. The summed E-state index contributed by atoms with van der Waals surface area (Å²) >= 11 is 10.4. The number of carbonyl (C=O) groups is 2. The normalized spacial score (nSPS) is 16.6. The Morgan fingerprint density at radius 3 is 2.54 bits per heavy atom. The number of carbonyl (C=O) groups excluding carboxylic acids is 2. The van der Waals surface area contributed by atoms with Crippen molar-refractivity contribution in [1.29, 1.82) is 0 Å². The first-order valence-electron chi connectivity index (χ1n) is 8.68. The van der Waals surface area contributed by atoms with E-state index >= 15 is 0 Å². The zero-order valence-electron chi connectivity index (χ0n) is 15.4. The third kappa shape index (κ3) is 4.64. The first-order valence-corrected chi connectivity index (χ1v) is 10.7. The van der Waals surface area contributed by atoms with Gasteiger partial charge in [0.15, 0.2) is 11.5 Å². The van der Waals surface area contributed by atoms with Crippen LogP contribution in [0.15, 0.2) is 40.9 Å². The minimum absolute atomic E-state index is 0.185. The van der Waals surface area contributed by atoms with Gasteiger partial charge < -0.3 is 9.47 Å². The molecule has 0 radical (unpaired) electrons. The van der Waals surface area contributed by atoms with Gasteiger partial charge in [0.1, 0.15) is 0 Å². The molecule has 0 unspecified atom stereocenters. The third-order valence-electron chi connectivity index (χ3n) is 4.25. The quantitative estimate of drug-likeness (QED) is 0.532. The number of rotatable bonds is 7. The van der Waals surface area contributed by atoms with Crippen LogP contribution in [-0.2, 0) is 17.8 Å². The summed E-state index contributed by atoms with van der Waals surface area (Å²) in [7, 11) is 1.58. The molecule has 1 fully saturated rings. The van der Waals surface area contributed by atoms with Crippen LogP contribution in [0, 0.1) is 0 Å². The maximum Gasteiger partial charge on any atom is 0.289 e. The van der Waals surface area contributed by atoms with E-state index in [0.717, 1.165) is 27.4 Å². The van der Waals surface area contributed by atoms with Crippen LogP contribution in [0.1, 0.15) is 18.1 Å². The highest BCUT2D eigenvalue weighted by Crippen LogP contribution is 2.38. The van der Waals surface area contributed by atoms with Crippen LogP contribution >= 0.6 is 39.3 Å². The lowest BCUT2D eigenvalue weighted by Crippen LogP contribution is -2.31. The zero-order valence-corrected chi connectivity index (χ0v) is 18.6. The van der Waals surface area contributed by atoms with Gasteiger partial charge in [0.25, 0.3) is 5.24 Å². The van der Waals surface area contributed by atoms with E-state index in [1.165, 1.54) is 4.90 Å². The third-order valence-corrected chi connectivity index (χ3v) is 6.17. The van der Waals surface area contributed by atoms with E-state index in [0.29, 0.717) is 29.5 Å². The van der Waals surface area contributed by atoms with Crippen LogP contribution in [0.4, 0.5) is 4.79 Å². The average molecular weight is 485 g/mol. The fourth-order valence-corrected chi connectivity index (χ4v) is 4.76. The predicted molar refractivity (Wildman–Crippen MR) is 114 cm³/mol. The molecule has 5 nitrogen and oxygen atoms in total. The Morgan fingerprint density at radius 1 is 1.18 bits per heavy atom. The lowest BCUT2D eigenvalue weighted by atomic mass is 10.1. The van der Waals surface area contributed by atoms with Crippen molar-refractivity contribution in [2.75, 3.05) is 13.7 Å². The molecule has 0 aliphatic carbocycles. The van der Waals surface area contributed by atoms with Gasteiger partial charge in [0, 0.05) is 5.02 Å². The molecule has 1 atom stereocenters. The second-order valence-electron chi connectivity index (χ2n) is 6.17. The van der Waals surface area contributed by atoms with Crippen LogP contribution in [0.3, 0.4) is 0 Å². The van der Waals surface area contributed by atoms with E-state index in [2.05, 4.69) is 15.9 Å². The standard InChI is InChI=1S/C20H19BrClNO4S/c1-3-27-16-9-13(8-15(21)18(16)26-2)10-17-19(24)23(20(25)28-17)11-12-4-6-14(22)7-5-12/h4-9,17H,3,10-11H2,1-2H3/t17-/m1/s1. The van der Waals surface area contributed by atoms with E-state index < -0.39 is 5.25 Å². The summed E-state index contributed by atoms with van der Waals surface area (Å²) in [6.07, 6.45) is 0.426. The van der Waals surface area contributed by atoms with Gasteiger partial charge in [-0.1, -0.05) is 35.5 Å². The Balaban J connectivity index is 1.75. The van der Waals surface area contributed by atoms with Crippen LogP contribution in [-0.4, -0.2) is 35.0 Å². The van der Waals surface area contributed by atoms with Gasteiger partial charge in [-0.15, -0.1) is 0 Å². The van der Waals surface area contributed by atoms with Crippen molar-refractivity contribution in [2.45, 2.75) is 25.1 Å². The molecule has 8 heteroatoms. The number of hydrogen-bond acceptors (Lipinski definition) is 5. The van der Waals surface area contributed by atoms with Crippen molar-refractivity contribution in [2.24, 2.45) is 0 Å². The topological polar surface area (TPSA) is 55.8 Å². The molecular weight excluding hydrogens is 466 g/mol. The summed E-state index contributed by atoms with van der Waals surface area (Å²) in [5, 5.41) is -0.0811. The summed E-state index contributed by atoms with van der Waals surface area (Å²) in [6.45, 7) is 2.63. The van der Waals surface area contributed by atoms with Gasteiger partial charge in [-0.2, -0.15) is 0 Å². The fourth-order valence-electron chi connectivity index (χ4n) is 2.96. The largest absolute Gasteiger partial charge is 0.492 e. The SMILES string of the molecule is CCOc1cc(C[C@H]2SC(=O)N(Cc3ccc(Cl)cc3)C2=O)cc(Br)c1OC. The molecule has 0 aromatic heterocycles. The maximum absolute atomic E-state index is 12.8. The number of ether oxygens (including phenoxy) is 2. The number of methoxy groups -OCH3 is 1. The van der Waals surface area contributed by atoms with Crippen molar-refractivity contribution >= 4 is 50.4 Å². The molecule has 1 aliphatic heterocycles. The van der Waals surface area contributed by atoms with E-state index in [1.807, 2.05) is 31.2 Å². The predicted octanol–water partition coefficient (Wildman–Crippen LogP) is 5.32. The molecule has 0 bridgehead atoms. The van der Waals surface area contributed by atoms with Gasteiger partial charge in [-0.25, -0.2) is 0 Å². The summed E-state index contributed by atoms with van der Waals surface area (Å²) in [5.41, 5.74) is 1.75.